The second-order valence-corrected chi connectivity index (χ2v) is 7.80. The van der Waals surface area contributed by atoms with Gasteiger partial charge in [-0.1, -0.05) is 48.6 Å². The van der Waals surface area contributed by atoms with Gasteiger partial charge in [-0.15, -0.1) is 10.2 Å². The van der Waals surface area contributed by atoms with Gasteiger partial charge in [-0.05, 0) is 37.8 Å². The van der Waals surface area contributed by atoms with Crippen LogP contribution in [0.15, 0.2) is 42.7 Å². The number of rotatable bonds is 7. The molecule has 4 rings (SSSR count). The normalized spacial score (nSPS) is 17.3. The molecule has 3 aromatic rings. The van der Waals surface area contributed by atoms with Crippen LogP contribution >= 0.6 is 11.3 Å². The summed E-state index contributed by atoms with van der Waals surface area (Å²) >= 11 is 1.56. The summed E-state index contributed by atoms with van der Waals surface area (Å²) in [6, 6.07) is 11.0. The predicted molar refractivity (Wildman–Crippen MR) is 108 cm³/mol. The molecule has 7 heteroatoms. The average molecular weight is 381 g/mol. The van der Waals surface area contributed by atoms with Crippen LogP contribution in [-0.4, -0.2) is 38.2 Å². The van der Waals surface area contributed by atoms with Crippen molar-refractivity contribution in [1.82, 2.24) is 25.1 Å². The molecule has 0 spiro atoms. The molecule has 1 aliphatic heterocycles. The van der Waals surface area contributed by atoms with E-state index in [0.717, 1.165) is 54.0 Å². The summed E-state index contributed by atoms with van der Waals surface area (Å²) in [6.07, 6.45) is 7.94. The highest BCUT2D eigenvalue weighted by molar-refractivity contribution is 7.15. The summed E-state index contributed by atoms with van der Waals surface area (Å²) < 4.78 is 0. The van der Waals surface area contributed by atoms with E-state index in [1.54, 1.807) is 17.5 Å². The van der Waals surface area contributed by atoms with Crippen LogP contribution in [0.4, 0.5) is 10.9 Å². The molecule has 1 atom stereocenters. The van der Waals surface area contributed by atoms with Gasteiger partial charge in [-0.3, -0.25) is 9.88 Å². The molecular formula is C20H24N6S. The maximum Gasteiger partial charge on any atom is 0.211 e. The van der Waals surface area contributed by atoms with Gasteiger partial charge < -0.3 is 5.32 Å². The van der Waals surface area contributed by atoms with E-state index in [4.69, 9.17) is 4.98 Å². The molecule has 2 aromatic heterocycles. The van der Waals surface area contributed by atoms with Crippen LogP contribution in [0.2, 0.25) is 0 Å². The van der Waals surface area contributed by atoms with E-state index < -0.39 is 0 Å². The highest BCUT2D eigenvalue weighted by Gasteiger charge is 2.27. The fraction of sp³-hybridized carbons (Fsp3) is 0.400. The summed E-state index contributed by atoms with van der Waals surface area (Å²) in [5, 5.41) is 13.3. The van der Waals surface area contributed by atoms with Crippen LogP contribution in [0, 0.1) is 0 Å². The van der Waals surface area contributed by atoms with Gasteiger partial charge in [0.2, 0.25) is 5.13 Å². The van der Waals surface area contributed by atoms with E-state index in [0.29, 0.717) is 6.04 Å². The van der Waals surface area contributed by atoms with Crippen LogP contribution < -0.4 is 5.32 Å². The van der Waals surface area contributed by atoms with E-state index in [-0.39, 0.29) is 0 Å². The molecule has 6 nitrogen and oxygen atoms in total. The summed E-state index contributed by atoms with van der Waals surface area (Å²) in [6.45, 7) is 4.24. The zero-order valence-electron chi connectivity index (χ0n) is 15.5. The van der Waals surface area contributed by atoms with Gasteiger partial charge in [0, 0.05) is 6.54 Å². The molecule has 0 bridgehead atoms. The van der Waals surface area contributed by atoms with Gasteiger partial charge >= 0.3 is 0 Å². The highest BCUT2D eigenvalue weighted by atomic mass is 32.1. The third-order valence-electron chi connectivity index (χ3n) is 4.89. The first-order chi connectivity index (χ1) is 13.3. The summed E-state index contributed by atoms with van der Waals surface area (Å²) in [4.78, 5) is 11.8. The molecular weight excluding hydrogens is 356 g/mol. The second-order valence-electron chi connectivity index (χ2n) is 6.74. The van der Waals surface area contributed by atoms with Crippen LogP contribution in [0.1, 0.15) is 42.1 Å². The molecule has 0 amide bonds. The lowest BCUT2D eigenvalue weighted by atomic mass is 10.1. The van der Waals surface area contributed by atoms with Crippen molar-refractivity contribution in [2.24, 2.45) is 0 Å². The number of likely N-dealkylation sites (tertiary alicyclic amines) is 1. The largest absolute Gasteiger partial charge is 0.313 e. The molecule has 1 aliphatic rings. The first-order valence-corrected chi connectivity index (χ1v) is 10.3. The average Bonchev–Trinajstić information content (AvgIpc) is 3.36. The number of anilines is 2. The van der Waals surface area contributed by atoms with Crippen LogP contribution in [0.5, 0.6) is 0 Å². The number of hydrogen-bond acceptors (Lipinski definition) is 7. The molecule has 0 radical (unpaired) electrons. The Morgan fingerprint density at radius 2 is 2.07 bits per heavy atom. The smallest absolute Gasteiger partial charge is 0.211 e. The van der Waals surface area contributed by atoms with Gasteiger partial charge in [0.1, 0.15) is 5.01 Å². The lowest BCUT2D eigenvalue weighted by Gasteiger charge is -2.24. The molecule has 0 aliphatic carbocycles. The second kappa shape index (κ2) is 8.54. The van der Waals surface area contributed by atoms with Crippen molar-refractivity contribution < 1.29 is 0 Å². The Labute approximate surface area is 163 Å². The number of nitrogens with one attached hydrogen (secondary N) is 1. The molecule has 1 fully saturated rings. The summed E-state index contributed by atoms with van der Waals surface area (Å²) in [7, 11) is 0. The van der Waals surface area contributed by atoms with E-state index in [1.807, 2.05) is 6.20 Å². The molecule has 1 N–H and O–H groups in total. The van der Waals surface area contributed by atoms with Gasteiger partial charge in [-0.25, -0.2) is 4.98 Å². The van der Waals surface area contributed by atoms with Gasteiger partial charge in [0.25, 0.3) is 0 Å². The Morgan fingerprint density at radius 1 is 1.19 bits per heavy atom. The number of nitrogens with zero attached hydrogens (tertiary/aromatic N) is 5. The topological polar surface area (TPSA) is 66.8 Å². The molecule has 1 aromatic carbocycles. The highest BCUT2D eigenvalue weighted by Crippen LogP contribution is 2.31. The lowest BCUT2D eigenvalue weighted by molar-refractivity contribution is 0.256. The number of hydrogen-bond donors (Lipinski definition) is 1. The predicted octanol–water partition coefficient (Wildman–Crippen LogP) is 4.01. The molecule has 140 valence electrons. The lowest BCUT2D eigenvalue weighted by Crippen LogP contribution is -2.26. The van der Waals surface area contributed by atoms with Crippen LogP contribution in [0.3, 0.4) is 0 Å². The fourth-order valence-electron chi connectivity index (χ4n) is 3.50. The molecule has 0 unspecified atom stereocenters. The fourth-order valence-corrected chi connectivity index (χ4v) is 4.19. The van der Waals surface area contributed by atoms with Crippen molar-refractivity contribution in [2.45, 2.75) is 38.6 Å². The first-order valence-electron chi connectivity index (χ1n) is 9.51. The number of aromatic nitrogens is 4. The molecule has 27 heavy (non-hydrogen) atoms. The Hall–Kier alpha value is -2.38. The van der Waals surface area contributed by atoms with Crippen molar-refractivity contribution >= 4 is 22.3 Å². The van der Waals surface area contributed by atoms with E-state index in [1.165, 1.54) is 12.0 Å². The van der Waals surface area contributed by atoms with Gasteiger partial charge in [0.15, 0.2) is 5.82 Å². The molecule has 1 saturated heterocycles. The molecule has 0 saturated carbocycles. The van der Waals surface area contributed by atoms with Crippen LogP contribution in [0.25, 0.3) is 0 Å². The maximum atomic E-state index is 4.81. The maximum absolute atomic E-state index is 4.81. The van der Waals surface area contributed by atoms with Crippen molar-refractivity contribution in [3.05, 3.63) is 59.0 Å². The van der Waals surface area contributed by atoms with Crippen molar-refractivity contribution in [1.29, 1.82) is 0 Å². The zero-order valence-corrected chi connectivity index (χ0v) is 16.3. The minimum Gasteiger partial charge on any atom is -0.313 e. The SMILES string of the molecule is CCc1nnc(Nc2cncc([C@H]3CCCN3CCc3ccccc3)n2)s1. The Balaban J connectivity index is 1.43. The Bertz CT molecular complexity index is 866. The minimum atomic E-state index is 0.337. The van der Waals surface area contributed by atoms with Crippen molar-refractivity contribution in [3.8, 4) is 0 Å². The number of aryl methyl sites for hydroxylation is 1. The Kier molecular flexibility index (Phi) is 5.69. The van der Waals surface area contributed by atoms with E-state index in [2.05, 4.69) is 62.7 Å². The quantitative estimate of drug-likeness (QED) is 0.668. The third-order valence-corrected chi connectivity index (χ3v) is 5.88. The number of benzene rings is 1. The van der Waals surface area contributed by atoms with E-state index >= 15 is 0 Å². The Morgan fingerprint density at radius 3 is 2.89 bits per heavy atom. The monoisotopic (exact) mass is 380 g/mol. The van der Waals surface area contributed by atoms with E-state index in [9.17, 15) is 0 Å². The van der Waals surface area contributed by atoms with Crippen molar-refractivity contribution in [2.75, 3.05) is 18.4 Å². The summed E-state index contributed by atoms with van der Waals surface area (Å²) in [5.74, 6) is 0.737. The zero-order chi connectivity index (χ0) is 18.5. The third kappa shape index (κ3) is 4.48. The van der Waals surface area contributed by atoms with Gasteiger partial charge in [-0.2, -0.15) is 0 Å². The molecule has 3 heterocycles. The van der Waals surface area contributed by atoms with Crippen LogP contribution in [-0.2, 0) is 12.8 Å². The van der Waals surface area contributed by atoms with Gasteiger partial charge in [0.05, 0.1) is 24.1 Å². The summed E-state index contributed by atoms with van der Waals surface area (Å²) in [5.41, 5.74) is 2.42. The van der Waals surface area contributed by atoms with Crippen molar-refractivity contribution in [3.63, 3.8) is 0 Å². The first kappa shape index (κ1) is 18.0. The minimum absolute atomic E-state index is 0.337. The standard InChI is InChI=1S/C20H24N6S/c1-2-19-24-25-20(27-19)23-18-14-21-13-16(22-18)17-9-6-11-26(17)12-10-15-7-4-3-5-8-15/h3-5,7-8,13-14,17H,2,6,9-12H2,1H3,(H,22,23,25)/t17-/m1/s1.